The second-order valence-corrected chi connectivity index (χ2v) is 7.05. The molecule has 1 aromatic carbocycles. The summed E-state index contributed by atoms with van der Waals surface area (Å²) in [5, 5.41) is 9.01. The van der Waals surface area contributed by atoms with Gasteiger partial charge in [0, 0.05) is 14.2 Å². The fourth-order valence-electron chi connectivity index (χ4n) is 1.92. The molecule has 0 spiro atoms. The molecule has 24 heavy (non-hydrogen) atoms. The Morgan fingerprint density at radius 1 is 1.29 bits per heavy atom. The fourth-order valence-corrected chi connectivity index (χ4v) is 3.34. The van der Waals surface area contributed by atoms with Crippen molar-refractivity contribution >= 4 is 22.0 Å². The van der Waals surface area contributed by atoms with Crippen molar-refractivity contribution in [2.45, 2.75) is 31.4 Å². The Balaban J connectivity index is 3.40. The van der Waals surface area contributed by atoms with Crippen molar-refractivity contribution in [3.63, 3.8) is 0 Å². The van der Waals surface area contributed by atoms with Gasteiger partial charge in [0.1, 0.15) is 6.04 Å². The molecule has 0 bridgehead atoms. The van der Waals surface area contributed by atoms with E-state index in [9.17, 15) is 18.0 Å². The van der Waals surface area contributed by atoms with Crippen LogP contribution < -0.4 is 0 Å². The Morgan fingerprint density at radius 2 is 1.92 bits per heavy atom. The Hall–Kier alpha value is -1.97. The lowest BCUT2D eigenvalue weighted by Gasteiger charge is -2.21. The van der Waals surface area contributed by atoms with E-state index in [2.05, 4.69) is 0 Å². The summed E-state index contributed by atoms with van der Waals surface area (Å²) in [4.78, 5) is 22.8. The number of carboxylic acid groups (broad SMARTS) is 1. The molecule has 9 heteroatoms. The second-order valence-electron chi connectivity index (χ2n) is 5.05. The highest BCUT2D eigenvalue weighted by Crippen LogP contribution is 2.21. The third-order valence-corrected chi connectivity index (χ3v) is 5.27. The molecular weight excluding hydrogens is 338 g/mol. The first-order valence-corrected chi connectivity index (χ1v) is 8.60. The zero-order chi connectivity index (χ0) is 18.5. The molecule has 1 atom stereocenters. The highest BCUT2D eigenvalue weighted by atomic mass is 32.2. The first-order chi connectivity index (χ1) is 11.1. The van der Waals surface area contributed by atoms with Gasteiger partial charge in [-0.3, -0.25) is 4.79 Å². The van der Waals surface area contributed by atoms with Crippen LogP contribution in [0, 0.1) is 0 Å². The van der Waals surface area contributed by atoms with E-state index in [0.29, 0.717) is 5.56 Å². The summed E-state index contributed by atoms with van der Waals surface area (Å²) in [6.07, 6.45) is 0. The van der Waals surface area contributed by atoms with Gasteiger partial charge in [0.25, 0.3) is 0 Å². The normalized spacial score (nSPS) is 12.9. The van der Waals surface area contributed by atoms with Gasteiger partial charge in [0.05, 0.1) is 23.7 Å². The molecule has 1 rings (SSSR count). The van der Waals surface area contributed by atoms with E-state index < -0.39 is 28.0 Å². The molecule has 0 aromatic heterocycles. The van der Waals surface area contributed by atoms with Crippen LogP contribution >= 0.6 is 0 Å². The summed E-state index contributed by atoms with van der Waals surface area (Å²) < 4.78 is 35.9. The number of nitrogens with zero attached hydrogens (tertiary/aromatic N) is 1. The number of ether oxygens (including phenoxy) is 2. The number of rotatable bonds is 8. The number of carbonyl (C=O) groups excluding carboxylic acids is 1. The molecule has 0 fully saturated rings. The molecule has 0 aliphatic carbocycles. The maximum Gasteiger partial charge on any atom is 0.338 e. The number of likely N-dealkylation sites (N-methyl/N-ethyl adjacent to an activating group) is 1. The van der Waals surface area contributed by atoms with E-state index in [4.69, 9.17) is 14.6 Å². The fraction of sp³-hybridized carbons (Fsp3) is 0.467. The lowest BCUT2D eigenvalue weighted by atomic mass is 10.1. The average Bonchev–Trinajstić information content (AvgIpc) is 2.53. The maximum atomic E-state index is 12.6. The molecule has 0 aliphatic heterocycles. The van der Waals surface area contributed by atoms with Crippen molar-refractivity contribution in [2.75, 3.05) is 20.8 Å². The highest BCUT2D eigenvalue weighted by Gasteiger charge is 2.30. The lowest BCUT2D eigenvalue weighted by molar-refractivity contribution is -0.140. The van der Waals surface area contributed by atoms with Crippen LogP contribution in [0.4, 0.5) is 0 Å². The maximum absolute atomic E-state index is 12.6. The molecule has 0 radical (unpaired) electrons. The largest absolute Gasteiger partial charge is 0.480 e. The molecule has 0 heterocycles. The van der Waals surface area contributed by atoms with Gasteiger partial charge < -0.3 is 14.6 Å². The Bertz CT molecular complexity index is 715. The summed E-state index contributed by atoms with van der Waals surface area (Å²) in [6, 6.07) is 2.72. The first kappa shape index (κ1) is 20.1. The van der Waals surface area contributed by atoms with Gasteiger partial charge >= 0.3 is 11.9 Å². The number of methoxy groups -OCH3 is 1. The minimum atomic E-state index is -4.11. The number of sulfonamides is 1. The summed E-state index contributed by atoms with van der Waals surface area (Å²) in [7, 11) is -1.50. The van der Waals surface area contributed by atoms with E-state index in [0.717, 1.165) is 10.4 Å². The van der Waals surface area contributed by atoms with Gasteiger partial charge in [-0.2, -0.15) is 4.31 Å². The molecule has 1 aromatic rings. The third kappa shape index (κ3) is 4.53. The molecule has 0 aliphatic rings. The number of hydrogen-bond donors (Lipinski definition) is 1. The Morgan fingerprint density at radius 3 is 2.42 bits per heavy atom. The minimum absolute atomic E-state index is 0.0568. The van der Waals surface area contributed by atoms with E-state index in [1.165, 1.54) is 33.2 Å². The number of benzene rings is 1. The molecule has 0 saturated carbocycles. The SMILES string of the molecule is CCOC(=O)c1cc(COC)cc(S(=O)(=O)N(C)C(C)C(=O)O)c1. The van der Waals surface area contributed by atoms with Crippen LogP contribution in [0.1, 0.15) is 29.8 Å². The molecule has 8 nitrogen and oxygen atoms in total. The second kappa shape index (κ2) is 8.22. The van der Waals surface area contributed by atoms with Gasteiger partial charge in [-0.15, -0.1) is 0 Å². The quantitative estimate of drug-likeness (QED) is 0.692. The average molecular weight is 359 g/mol. The highest BCUT2D eigenvalue weighted by molar-refractivity contribution is 7.89. The molecule has 134 valence electrons. The van der Waals surface area contributed by atoms with Crippen molar-refractivity contribution in [3.05, 3.63) is 29.3 Å². The van der Waals surface area contributed by atoms with E-state index in [1.54, 1.807) is 6.92 Å². The number of carbonyl (C=O) groups is 2. The van der Waals surface area contributed by atoms with Crippen LogP contribution in [0.3, 0.4) is 0 Å². The summed E-state index contributed by atoms with van der Waals surface area (Å²) in [5.74, 6) is -1.94. The van der Waals surface area contributed by atoms with E-state index >= 15 is 0 Å². The number of carboxylic acids is 1. The van der Waals surface area contributed by atoms with E-state index in [1.807, 2.05) is 0 Å². The zero-order valence-corrected chi connectivity index (χ0v) is 14.8. The lowest BCUT2D eigenvalue weighted by Crippen LogP contribution is -2.40. The summed E-state index contributed by atoms with van der Waals surface area (Å²) >= 11 is 0. The van der Waals surface area contributed by atoms with Gasteiger partial charge in [-0.25, -0.2) is 13.2 Å². The zero-order valence-electron chi connectivity index (χ0n) is 14.0. The Labute approximate surface area is 141 Å². The molecule has 0 saturated heterocycles. The summed E-state index contributed by atoms with van der Waals surface area (Å²) in [5.41, 5.74) is 0.513. The summed E-state index contributed by atoms with van der Waals surface area (Å²) in [6.45, 7) is 3.13. The number of esters is 1. The van der Waals surface area contributed by atoms with Crippen molar-refractivity contribution in [1.29, 1.82) is 0 Å². The van der Waals surface area contributed by atoms with Gasteiger partial charge in [0.2, 0.25) is 10.0 Å². The van der Waals surface area contributed by atoms with Crippen molar-refractivity contribution in [1.82, 2.24) is 4.31 Å². The topological polar surface area (TPSA) is 110 Å². The first-order valence-electron chi connectivity index (χ1n) is 7.16. The number of hydrogen-bond acceptors (Lipinski definition) is 6. The van der Waals surface area contributed by atoms with Crippen molar-refractivity contribution in [2.24, 2.45) is 0 Å². The van der Waals surface area contributed by atoms with E-state index in [-0.39, 0.29) is 23.7 Å². The predicted molar refractivity (Wildman–Crippen MR) is 85.2 cm³/mol. The van der Waals surface area contributed by atoms with Crippen LogP contribution in [-0.2, 0) is 30.9 Å². The van der Waals surface area contributed by atoms with Crippen LogP contribution in [0.25, 0.3) is 0 Å². The van der Waals surface area contributed by atoms with Crippen LogP contribution in [-0.4, -0.2) is 56.6 Å². The molecular formula is C15H21NO7S. The third-order valence-electron chi connectivity index (χ3n) is 3.37. The van der Waals surface area contributed by atoms with Gasteiger partial charge in [0.15, 0.2) is 0 Å². The van der Waals surface area contributed by atoms with Crippen molar-refractivity contribution < 1.29 is 32.6 Å². The van der Waals surface area contributed by atoms with Gasteiger partial charge in [-0.05, 0) is 37.6 Å². The Kier molecular flexibility index (Phi) is 6.88. The molecule has 0 amide bonds. The molecule has 1 N–H and O–H groups in total. The van der Waals surface area contributed by atoms with Crippen LogP contribution in [0.15, 0.2) is 23.1 Å². The molecule has 1 unspecified atom stereocenters. The van der Waals surface area contributed by atoms with Crippen LogP contribution in [0.2, 0.25) is 0 Å². The minimum Gasteiger partial charge on any atom is -0.480 e. The van der Waals surface area contributed by atoms with Crippen LogP contribution in [0.5, 0.6) is 0 Å². The smallest absolute Gasteiger partial charge is 0.338 e. The standard InChI is InChI=1S/C15H21NO7S/c1-5-23-15(19)12-6-11(9-22-4)7-13(8-12)24(20,21)16(3)10(2)14(17)18/h6-8,10H,5,9H2,1-4H3,(H,17,18). The van der Waals surface area contributed by atoms with Gasteiger partial charge in [-0.1, -0.05) is 0 Å². The van der Waals surface area contributed by atoms with Crippen molar-refractivity contribution in [3.8, 4) is 0 Å². The monoisotopic (exact) mass is 359 g/mol. The number of aliphatic carboxylic acids is 1. The predicted octanol–water partition coefficient (Wildman–Crippen LogP) is 1.10.